The summed E-state index contributed by atoms with van der Waals surface area (Å²) in [5.74, 6) is 0.0514. The lowest BCUT2D eigenvalue weighted by Crippen LogP contribution is -2.32. The standard InChI is InChI=1S/C26H30N6O8/c1-15(2)38-25(33)17-6-5-7-20(12-17)39-24-16(3)28-21(13-27-24)23-22(31(4)30-29-23)14-37-26(34)40-19-10-8-18(9-11-19)32(35)36/h8-11,13,15,17,20H,5-7,12,14H2,1-4H3/t17-,20-/m0/s1. The van der Waals surface area contributed by atoms with Gasteiger partial charge in [0.25, 0.3) is 5.69 Å². The molecule has 2 atom stereocenters. The molecule has 2 heterocycles. The number of aromatic nitrogens is 5. The average Bonchev–Trinajstić information content (AvgIpc) is 3.28. The number of ether oxygens (including phenoxy) is 4. The Balaban J connectivity index is 1.38. The SMILES string of the molecule is Cc1nc(-c2nnn(C)c2COC(=O)Oc2ccc([N+](=O)[O-])cc2)cnc1O[C@H]1CCC[C@H](C(=O)OC(C)C)C1. The average molecular weight is 555 g/mol. The summed E-state index contributed by atoms with van der Waals surface area (Å²) in [6.45, 7) is 5.20. The van der Waals surface area contributed by atoms with Gasteiger partial charge in [0.05, 0.1) is 23.1 Å². The van der Waals surface area contributed by atoms with Crippen LogP contribution in [0.15, 0.2) is 30.5 Å². The number of carbonyl (C=O) groups is 2. The van der Waals surface area contributed by atoms with Gasteiger partial charge < -0.3 is 18.9 Å². The third kappa shape index (κ3) is 7.07. The smallest absolute Gasteiger partial charge is 0.473 e. The maximum atomic E-state index is 12.3. The Labute approximate surface area is 229 Å². The number of nitrogens with zero attached hydrogens (tertiary/aromatic N) is 6. The highest BCUT2D eigenvalue weighted by atomic mass is 16.7. The van der Waals surface area contributed by atoms with E-state index in [1.807, 2.05) is 13.8 Å². The number of hydrogen-bond acceptors (Lipinski definition) is 12. The van der Waals surface area contributed by atoms with Gasteiger partial charge in [0.2, 0.25) is 5.88 Å². The van der Waals surface area contributed by atoms with Crippen molar-refractivity contribution >= 4 is 17.8 Å². The molecule has 0 N–H and O–H groups in total. The molecule has 0 radical (unpaired) electrons. The van der Waals surface area contributed by atoms with Gasteiger partial charge in [0.1, 0.15) is 41.2 Å². The van der Waals surface area contributed by atoms with E-state index in [2.05, 4.69) is 20.3 Å². The molecule has 0 bridgehead atoms. The van der Waals surface area contributed by atoms with Gasteiger partial charge >= 0.3 is 12.1 Å². The van der Waals surface area contributed by atoms with E-state index >= 15 is 0 Å². The predicted molar refractivity (Wildman–Crippen MR) is 138 cm³/mol. The largest absolute Gasteiger partial charge is 0.514 e. The van der Waals surface area contributed by atoms with E-state index in [0.29, 0.717) is 35.1 Å². The second kappa shape index (κ2) is 12.5. The van der Waals surface area contributed by atoms with E-state index in [1.165, 1.54) is 35.1 Å². The summed E-state index contributed by atoms with van der Waals surface area (Å²) in [5, 5.41) is 18.9. The summed E-state index contributed by atoms with van der Waals surface area (Å²) in [7, 11) is 1.64. The molecular formula is C26H30N6O8. The maximum Gasteiger partial charge on any atom is 0.514 e. The molecule has 0 amide bonds. The van der Waals surface area contributed by atoms with Gasteiger partial charge in [-0.1, -0.05) is 5.21 Å². The number of rotatable bonds is 9. The van der Waals surface area contributed by atoms with Gasteiger partial charge in [0, 0.05) is 19.2 Å². The lowest BCUT2D eigenvalue weighted by atomic mass is 9.87. The first-order valence-corrected chi connectivity index (χ1v) is 12.8. The zero-order valence-corrected chi connectivity index (χ0v) is 22.6. The van der Waals surface area contributed by atoms with Crippen LogP contribution >= 0.6 is 0 Å². The molecule has 1 aliphatic carbocycles. The minimum atomic E-state index is -1.00. The van der Waals surface area contributed by atoms with Crippen molar-refractivity contribution in [3.63, 3.8) is 0 Å². The second-order valence-electron chi connectivity index (χ2n) is 9.63. The Morgan fingerprint density at radius 2 is 1.95 bits per heavy atom. The molecule has 1 fully saturated rings. The van der Waals surface area contributed by atoms with E-state index in [0.717, 1.165) is 19.3 Å². The number of carbonyl (C=O) groups excluding carboxylic acids is 2. The summed E-state index contributed by atoms with van der Waals surface area (Å²) < 4.78 is 23.2. The molecule has 0 unspecified atom stereocenters. The first kappa shape index (κ1) is 28.4. The molecule has 1 aliphatic rings. The topological polar surface area (TPSA) is 171 Å². The van der Waals surface area contributed by atoms with Gasteiger partial charge in [-0.25, -0.2) is 19.4 Å². The van der Waals surface area contributed by atoms with Gasteiger partial charge in [-0.2, -0.15) is 0 Å². The molecule has 14 nitrogen and oxygen atoms in total. The maximum absolute atomic E-state index is 12.3. The number of non-ortho nitro benzene ring substituents is 1. The predicted octanol–water partition coefficient (Wildman–Crippen LogP) is 4.09. The highest BCUT2D eigenvalue weighted by Crippen LogP contribution is 2.30. The summed E-state index contributed by atoms with van der Waals surface area (Å²) >= 11 is 0. The van der Waals surface area contributed by atoms with Crippen molar-refractivity contribution in [2.75, 3.05) is 0 Å². The van der Waals surface area contributed by atoms with Crippen molar-refractivity contribution in [1.29, 1.82) is 0 Å². The van der Waals surface area contributed by atoms with Crippen LogP contribution in [0.2, 0.25) is 0 Å². The summed E-state index contributed by atoms with van der Waals surface area (Å²) in [6, 6.07) is 5.02. The number of aryl methyl sites for hydroxylation is 2. The number of nitro groups is 1. The second-order valence-corrected chi connectivity index (χ2v) is 9.63. The highest BCUT2D eigenvalue weighted by Gasteiger charge is 2.30. The summed E-state index contributed by atoms with van der Waals surface area (Å²) in [6.07, 6.45) is 3.13. The van der Waals surface area contributed by atoms with Gasteiger partial charge in [-0.3, -0.25) is 14.9 Å². The third-order valence-electron chi connectivity index (χ3n) is 6.25. The van der Waals surface area contributed by atoms with E-state index in [-0.39, 0.29) is 42.1 Å². The normalized spacial score (nSPS) is 16.8. The first-order chi connectivity index (χ1) is 19.1. The van der Waals surface area contributed by atoms with Crippen molar-refractivity contribution < 1.29 is 33.5 Å². The molecule has 4 rings (SSSR count). The zero-order valence-electron chi connectivity index (χ0n) is 22.6. The molecule has 0 aliphatic heterocycles. The molecule has 212 valence electrons. The van der Waals surface area contributed by atoms with Crippen molar-refractivity contribution in [1.82, 2.24) is 25.0 Å². The van der Waals surface area contributed by atoms with Crippen LogP contribution in [0, 0.1) is 23.0 Å². The van der Waals surface area contributed by atoms with Crippen LogP contribution < -0.4 is 9.47 Å². The van der Waals surface area contributed by atoms with E-state index < -0.39 is 11.1 Å². The molecular weight excluding hydrogens is 524 g/mol. The highest BCUT2D eigenvalue weighted by molar-refractivity contribution is 5.72. The zero-order chi connectivity index (χ0) is 28.8. The van der Waals surface area contributed by atoms with Crippen LogP contribution in [0.3, 0.4) is 0 Å². The summed E-state index contributed by atoms with van der Waals surface area (Å²) in [4.78, 5) is 43.8. The molecule has 1 aromatic carbocycles. The molecule has 40 heavy (non-hydrogen) atoms. The lowest BCUT2D eigenvalue weighted by molar-refractivity contribution is -0.384. The van der Waals surface area contributed by atoms with Gasteiger partial charge in [-0.05, 0) is 58.6 Å². The quantitative estimate of drug-likeness (QED) is 0.161. The van der Waals surface area contributed by atoms with Crippen LogP contribution in [-0.2, 0) is 27.9 Å². The third-order valence-corrected chi connectivity index (χ3v) is 6.25. The van der Waals surface area contributed by atoms with Crippen LogP contribution in [0.5, 0.6) is 11.6 Å². The molecule has 1 saturated carbocycles. The monoisotopic (exact) mass is 554 g/mol. The van der Waals surface area contributed by atoms with Crippen molar-refractivity contribution in [3.05, 3.63) is 52.0 Å². The van der Waals surface area contributed by atoms with E-state index in [4.69, 9.17) is 18.9 Å². The molecule has 2 aromatic heterocycles. The number of hydrogen-bond donors (Lipinski definition) is 0. The molecule has 0 spiro atoms. The Morgan fingerprint density at radius 1 is 1.20 bits per heavy atom. The number of nitro benzene ring substituents is 1. The first-order valence-electron chi connectivity index (χ1n) is 12.8. The number of esters is 1. The fraction of sp³-hybridized carbons (Fsp3) is 0.462. The Kier molecular flexibility index (Phi) is 8.86. The van der Waals surface area contributed by atoms with Gasteiger partial charge in [-0.15, -0.1) is 5.10 Å². The fourth-order valence-electron chi connectivity index (χ4n) is 4.28. The minimum absolute atomic E-state index is 0.0946. The van der Waals surface area contributed by atoms with Crippen LogP contribution in [-0.4, -0.2) is 54.2 Å². The Bertz CT molecular complexity index is 1370. The van der Waals surface area contributed by atoms with Crippen molar-refractivity contribution in [2.24, 2.45) is 13.0 Å². The van der Waals surface area contributed by atoms with Crippen LogP contribution in [0.4, 0.5) is 10.5 Å². The Morgan fingerprint density at radius 3 is 2.62 bits per heavy atom. The van der Waals surface area contributed by atoms with Crippen molar-refractivity contribution in [3.8, 4) is 23.0 Å². The molecule has 3 aromatic rings. The fourth-order valence-corrected chi connectivity index (χ4v) is 4.28. The minimum Gasteiger partial charge on any atom is -0.473 e. The van der Waals surface area contributed by atoms with Gasteiger partial charge in [0.15, 0.2) is 0 Å². The van der Waals surface area contributed by atoms with Crippen LogP contribution in [0.25, 0.3) is 11.4 Å². The van der Waals surface area contributed by atoms with E-state index in [9.17, 15) is 19.7 Å². The number of benzene rings is 1. The van der Waals surface area contributed by atoms with Crippen molar-refractivity contribution in [2.45, 2.75) is 65.3 Å². The summed E-state index contributed by atoms with van der Waals surface area (Å²) in [5.41, 5.74) is 1.61. The Hall–Kier alpha value is -4.62. The van der Waals surface area contributed by atoms with Crippen LogP contribution in [0.1, 0.15) is 50.9 Å². The lowest BCUT2D eigenvalue weighted by Gasteiger charge is -2.28. The molecule has 0 saturated heterocycles. The molecule has 14 heteroatoms. The van der Waals surface area contributed by atoms with E-state index in [1.54, 1.807) is 14.0 Å².